The van der Waals surface area contributed by atoms with Gasteiger partial charge in [0, 0.05) is 18.7 Å². The lowest BCUT2D eigenvalue weighted by Gasteiger charge is -2.37. The maximum Gasteiger partial charge on any atom is 0.278 e. The smallest absolute Gasteiger partial charge is 0.278 e. The number of morpholine rings is 1. The molecule has 28 heavy (non-hydrogen) atoms. The third-order valence-corrected chi connectivity index (χ3v) is 5.47. The van der Waals surface area contributed by atoms with Gasteiger partial charge in [-0.05, 0) is 57.0 Å². The first-order chi connectivity index (χ1) is 13.4. The van der Waals surface area contributed by atoms with E-state index in [9.17, 15) is 4.79 Å². The van der Waals surface area contributed by atoms with Crippen molar-refractivity contribution < 1.29 is 9.53 Å². The van der Waals surface area contributed by atoms with Crippen LogP contribution in [0.4, 0.5) is 11.4 Å². The average molecular weight is 377 g/mol. The number of amides is 1. The van der Waals surface area contributed by atoms with Gasteiger partial charge < -0.3 is 4.74 Å². The summed E-state index contributed by atoms with van der Waals surface area (Å²) in [6, 6.07) is 14.0. The van der Waals surface area contributed by atoms with E-state index in [2.05, 4.69) is 32.6 Å². The molecule has 2 atom stereocenters. The summed E-state index contributed by atoms with van der Waals surface area (Å²) in [4.78, 5) is 22.2. The lowest BCUT2D eigenvalue weighted by Crippen LogP contribution is -2.50. The first kappa shape index (κ1) is 18.8. The molecule has 2 heterocycles. The van der Waals surface area contributed by atoms with Crippen molar-refractivity contribution in [3.05, 3.63) is 59.2 Å². The van der Waals surface area contributed by atoms with Gasteiger partial charge in [0.1, 0.15) is 5.71 Å². The van der Waals surface area contributed by atoms with Crippen LogP contribution in [-0.2, 0) is 9.53 Å². The van der Waals surface area contributed by atoms with E-state index < -0.39 is 0 Å². The Hall–Kier alpha value is -2.50. The lowest BCUT2D eigenvalue weighted by atomic mass is 10.1. The fourth-order valence-corrected chi connectivity index (χ4v) is 4.03. The Balaban J connectivity index is 1.66. The van der Waals surface area contributed by atoms with E-state index in [0.717, 1.165) is 30.0 Å². The molecule has 146 valence electrons. The van der Waals surface area contributed by atoms with Crippen molar-refractivity contribution in [2.45, 2.75) is 39.9 Å². The summed E-state index contributed by atoms with van der Waals surface area (Å²) in [6.07, 6.45) is 0.334. The lowest BCUT2D eigenvalue weighted by molar-refractivity contribution is -0.113. The van der Waals surface area contributed by atoms with Gasteiger partial charge in [-0.2, -0.15) is 0 Å². The maximum absolute atomic E-state index is 13.3. The minimum absolute atomic E-state index is 0.0359. The van der Waals surface area contributed by atoms with Crippen LogP contribution in [0.3, 0.4) is 0 Å². The second-order valence-corrected chi connectivity index (χ2v) is 7.91. The molecule has 1 fully saturated rings. The fraction of sp³-hybridized carbons (Fsp3) is 0.391. The summed E-state index contributed by atoms with van der Waals surface area (Å²) >= 11 is 0. The first-order valence-corrected chi connectivity index (χ1v) is 9.87. The molecule has 4 rings (SSSR count). The van der Waals surface area contributed by atoms with E-state index in [1.807, 2.05) is 47.4 Å². The minimum atomic E-state index is -0.0359. The number of nitrogens with zero attached hydrogens (tertiary/aromatic N) is 3. The normalized spacial score (nSPS) is 24.1. The van der Waals surface area contributed by atoms with E-state index in [1.165, 1.54) is 11.1 Å². The van der Waals surface area contributed by atoms with E-state index in [1.54, 1.807) is 0 Å². The van der Waals surface area contributed by atoms with Crippen molar-refractivity contribution in [1.82, 2.24) is 4.90 Å². The maximum atomic E-state index is 13.3. The van der Waals surface area contributed by atoms with Gasteiger partial charge in [-0.3, -0.25) is 14.6 Å². The Morgan fingerprint density at radius 3 is 2.46 bits per heavy atom. The second-order valence-electron chi connectivity index (χ2n) is 7.91. The number of anilines is 1. The Kier molecular flexibility index (Phi) is 5.04. The van der Waals surface area contributed by atoms with Crippen LogP contribution in [0, 0.1) is 13.8 Å². The number of para-hydroxylation sites is 1. The molecule has 2 aliphatic heterocycles. The molecule has 0 spiro atoms. The van der Waals surface area contributed by atoms with Gasteiger partial charge in [-0.25, -0.2) is 4.99 Å². The third kappa shape index (κ3) is 3.60. The Morgan fingerprint density at radius 1 is 1.04 bits per heavy atom. The monoisotopic (exact) mass is 377 g/mol. The number of carbonyl (C=O) groups is 1. The molecule has 2 aromatic carbocycles. The van der Waals surface area contributed by atoms with Gasteiger partial charge >= 0.3 is 0 Å². The summed E-state index contributed by atoms with van der Waals surface area (Å²) in [7, 11) is 0. The second kappa shape index (κ2) is 7.49. The summed E-state index contributed by atoms with van der Waals surface area (Å²) in [6.45, 7) is 10.5. The summed E-state index contributed by atoms with van der Waals surface area (Å²) in [5, 5.41) is 0. The molecule has 5 heteroatoms. The van der Waals surface area contributed by atoms with Crippen molar-refractivity contribution in [3.8, 4) is 0 Å². The predicted molar refractivity (Wildman–Crippen MR) is 112 cm³/mol. The van der Waals surface area contributed by atoms with Crippen molar-refractivity contribution in [1.29, 1.82) is 0 Å². The molecule has 2 aromatic rings. The van der Waals surface area contributed by atoms with Crippen LogP contribution >= 0.6 is 0 Å². The summed E-state index contributed by atoms with van der Waals surface area (Å²) in [5.74, 6) is -0.0359. The topological polar surface area (TPSA) is 45.1 Å². The summed E-state index contributed by atoms with van der Waals surface area (Å²) in [5.41, 5.74) is 5.57. The van der Waals surface area contributed by atoms with Crippen molar-refractivity contribution in [2.75, 3.05) is 24.7 Å². The minimum Gasteiger partial charge on any atom is -0.373 e. The van der Waals surface area contributed by atoms with Gasteiger partial charge in [-0.1, -0.05) is 24.3 Å². The van der Waals surface area contributed by atoms with E-state index >= 15 is 0 Å². The van der Waals surface area contributed by atoms with Crippen molar-refractivity contribution in [2.24, 2.45) is 4.99 Å². The Bertz CT molecular complexity index is 927. The van der Waals surface area contributed by atoms with Gasteiger partial charge in [0.2, 0.25) is 0 Å². The Labute approximate surface area is 166 Å². The van der Waals surface area contributed by atoms with Crippen LogP contribution in [0.5, 0.6) is 0 Å². The highest BCUT2D eigenvalue weighted by Crippen LogP contribution is 2.31. The van der Waals surface area contributed by atoms with Gasteiger partial charge in [-0.15, -0.1) is 0 Å². The van der Waals surface area contributed by atoms with Crippen LogP contribution < -0.4 is 4.90 Å². The molecule has 0 aliphatic carbocycles. The zero-order valence-corrected chi connectivity index (χ0v) is 17.0. The molecule has 0 N–H and O–H groups in total. The number of rotatable bonds is 3. The average Bonchev–Trinajstić information content (AvgIpc) is 2.90. The van der Waals surface area contributed by atoms with Crippen LogP contribution in [0.1, 0.15) is 30.5 Å². The van der Waals surface area contributed by atoms with E-state index in [4.69, 9.17) is 9.73 Å². The molecule has 0 saturated carbocycles. The van der Waals surface area contributed by atoms with Gasteiger partial charge in [0.25, 0.3) is 5.91 Å². The summed E-state index contributed by atoms with van der Waals surface area (Å²) < 4.78 is 5.83. The van der Waals surface area contributed by atoms with Gasteiger partial charge in [0.15, 0.2) is 0 Å². The fourth-order valence-electron chi connectivity index (χ4n) is 4.03. The third-order valence-electron chi connectivity index (χ3n) is 5.47. The number of ether oxygens (including phenoxy) is 1. The zero-order chi connectivity index (χ0) is 19.8. The van der Waals surface area contributed by atoms with E-state index in [-0.39, 0.29) is 18.1 Å². The number of hydrogen-bond donors (Lipinski definition) is 0. The zero-order valence-electron chi connectivity index (χ0n) is 17.0. The molecule has 1 amide bonds. The van der Waals surface area contributed by atoms with Crippen LogP contribution in [0.25, 0.3) is 0 Å². The Morgan fingerprint density at radius 2 is 1.75 bits per heavy atom. The number of fused-ring (bicyclic) bond motifs is 1. The van der Waals surface area contributed by atoms with Crippen LogP contribution in [0.2, 0.25) is 0 Å². The van der Waals surface area contributed by atoms with Crippen LogP contribution in [0.15, 0.2) is 47.5 Å². The molecular weight excluding hydrogens is 350 g/mol. The highest BCUT2D eigenvalue weighted by atomic mass is 16.5. The number of carbonyl (C=O) groups excluding carboxylic acids is 1. The molecule has 0 unspecified atom stereocenters. The number of benzene rings is 2. The number of aliphatic imine (C=N–C) groups is 1. The highest BCUT2D eigenvalue weighted by molar-refractivity contribution is 6.54. The molecule has 1 saturated heterocycles. The molecule has 0 radical (unpaired) electrons. The highest BCUT2D eigenvalue weighted by Gasteiger charge is 2.35. The molecule has 2 aliphatic rings. The van der Waals surface area contributed by atoms with Crippen molar-refractivity contribution >= 4 is 23.0 Å². The predicted octanol–water partition coefficient (Wildman–Crippen LogP) is 3.84. The quantitative estimate of drug-likeness (QED) is 0.816. The first-order valence-electron chi connectivity index (χ1n) is 9.87. The molecule has 5 nitrogen and oxygen atoms in total. The van der Waals surface area contributed by atoms with Crippen molar-refractivity contribution in [3.63, 3.8) is 0 Å². The van der Waals surface area contributed by atoms with E-state index in [0.29, 0.717) is 12.4 Å². The number of hydrogen-bond acceptors (Lipinski definition) is 4. The van der Waals surface area contributed by atoms with Gasteiger partial charge in [0.05, 0.1) is 30.3 Å². The van der Waals surface area contributed by atoms with Crippen LogP contribution in [-0.4, -0.2) is 48.5 Å². The standard InChI is InChI=1S/C23H27N3O2/c1-15-9-10-19(11-16(15)2)24-22-20-7-5-6-8-21(20)26(23(22)27)14-25-12-17(3)28-18(4)13-25/h5-11,17-18H,12-14H2,1-4H3/t17-,18+. The molecule has 0 bridgehead atoms. The molecular formula is C23H27N3O2. The largest absolute Gasteiger partial charge is 0.373 e. The SMILES string of the molecule is Cc1ccc(N=C2C(=O)N(CN3C[C@@H](C)O[C@@H](C)C3)c3ccccc32)cc1C. The number of aryl methyl sites for hydroxylation is 2. The molecule has 0 aromatic heterocycles.